The number of allylic oxidation sites excluding steroid dienone is 1. The van der Waals surface area contributed by atoms with Gasteiger partial charge in [-0.3, -0.25) is 9.59 Å². The molecule has 1 atom stereocenters. The first-order valence-electron chi connectivity index (χ1n) is 10.1. The topological polar surface area (TPSA) is 102 Å². The first-order valence-corrected chi connectivity index (χ1v) is 10.1. The minimum atomic E-state index is -1.50. The van der Waals surface area contributed by atoms with E-state index in [9.17, 15) is 28.6 Å². The van der Waals surface area contributed by atoms with Crippen molar-refractivity contribution in [2.45, 2.75) is 33.1 Å². The van der Waals surface area contributed by atoms with Gasteiger partial charge >= 0.3 is 0 Å². The van der Waals surface area contributed by atoms with E-state index in [1.54, 1.807) is 13.8 Å². The first-order chi connectivity index (χ1) is 15.5. The highest BCUT2D eigenvalue weighted by Gasteiger charge is 2.55. The molecule has 2 aromatic carbocycles. The molecule has 0 radical (unpaired) electrons. The summed E-state index contributed by atoms with van der Waals surface area (Å²) in [5.74, 6) is -3.40. The Balaban J connectivity index is 1.81. The molecule has 5 rings (SSSR count). The van der Waals surface area contributed by atoms with E-state index in [0.717, 1.165) is 6.07 Å². The fraction of sp³-hybridized carbons (Fsp3) is 0.208. The van der Waals surface area contributed by atoms with Gasteiger partial charge in [0.25, 0.3) is 0 Å². The van der Waals surface area contributed by atoms with Gasteiger partial charge in [-0.05, 0) is 39.8 Å². The zero-order chi connectivity index (χ0) is 24.0. The second-order valence-corrected chi connectivity index (χ2v) is 8.38. The van der Waals surface area contributed by atoms with E-state index in [0.29, 0.717) is 11.8 Å². The Morgan fingerprint density at radius 3 is 2.52 bits per heavy atom. The van der Waals surface area contributed by atoms with Gasteiger partial charge in [0.1, 0.15) is 45.5 Å². The first kappa shape index (κ1) is 20.9. The molecule has 0 unspecified atom stereocenters. The molecule has 1 aromatic heterocycles. The molecule has 33 heavy (non-hydrogen) atoms. The Hall–Kier alpha value is -4.01. The standard InChI is InChI=1S/C24H18F2N2O5/c1-9-20(30)18(11(3)29)22-19(21(9)31)24(4)16(33-22)8-15-17(23(24)32)10(2)27-28(15)14-6-5-12(25)7-13(14)26/h5-8,30-31H,1-4H3/t24-/m0/s1. The number of aromatic hydroxyl groups is 2. The quantitative estimate of drug-likeness (QED) is 0.563. The molecule has 9 heteroatoms. The van der Waals surface area contributed by atoms with E-state index >= 15 is 0 Å². The average molecular weight is 452 g/mol. The third kappa shape index (κ3) is 2.50. The SMILES string of the molecule is CC(=O)c1c(O)c(C)c(O)c2c1OC1=Cc3c(c(C)nn3-c3ccc(F)cc3F)C(=O)[C@@]12C. The number of fused-ring (bicyclic) bond motifs is 4. The van der Waals surface area contributed by atoms with Gasteiger partial charge in [-0.1, -0.05) is 0 Å². The summed E-state index contributed by atoms with van der Waals surface area (Å²) >= 11 is 0. The summed E-state index contributed by atoms with van der Waals surface area (Å²) in [6, 6.07) is 3.00. The summed E-state index contributed by atoms with van der Waals surface area (Å²) in [5, 5.41) is 25.6. The number of carbonyl (C=O) groups is 2. The van der Waals surface area contributed by atoms with Crippen LogP contribution in [-0.2, 0) is 5.41 Å². The number of phenolic OH excluding ortho intramolecular Hbond substituents is 2. The lowest BCUT2D eigenvalue weighted by Crippen LogP contribution is -2.36. The zero-order valence-corrected chi connectivity index (χ0v) is 18.1. The van der Waals surface area contributed by atoms with E-state index in [1.165, 1.54) is 30.7 Å². The largest absolute Gasteiger partial charge is 0.507 e. The predicted octanol–water partition coefficient (Wildman–Crippen LogP) is 4.27. The fourth-order valence-electron chi connectivity index (χ4n) is 4.62. The van der Waals surface area contributed by atoms with E-state index in [1.807, 2.05) is 0 Å². The molecule has 0 fully saturated rings. The highest BCUT2D eigenvalue weighted by Crippen LogP contribution is 2.58. The Morgan fingerprint density at radius 2 is 1.88 bits per heavy atom. The monoisotopic (exact) mass is 452 g/mol. The fourth-order valence-corrected chi connectivity index (χ4v) is 4.62. The van der Waals surface area contributed by atoms with Crippen molar-refractivity contribution in [3.05, 3.63) is 69.2 Å². The number of aromatic nitrogens is 2. The third-order valence-corrected chi connectivity index (χ3v) is 6.38. The molecule has 2 heterocycles. The maximum atomic E-state index is 14.5. The zero-order valence-electron chi connectivity index (χ0n) is 18.1. The molecule has 0 saturated heterocycles. The lowest BCUT2D eigenvalue weighted by atomic mass is 9.71. The molecule has 7 nitrogen and oxygen atoms in total. The van der Waals surface area contributed by atoms with Crippen molar-refractivity contribution in [3.8, 4) is 22.9 Å². The number of ether oxygens (including phenoxy) is 1. The summed E-state index contributed by atoms with van der Waals surface area (Å²) < 4.78 is 35.0. The van der Waals surface area contributed by atoms with Gasteiger partial charge in [-0.2, -0.15) is 5.10 Å². The van der Waals surface area contributed by atoms with E-state index in [-0.39, 0.29) is 50.9 Å². The van der Waals surface area contributed by atoms with Crippen LogP contribution in [0.5, 0.6) is 17.2 Å². The lowest BCUT2D eigenvalue weighted by Gasteiger charge is -2.27. The van der Waals surface area contributed by atoms with Gasteiger partial charge in [-0.15, -0.1) is 0 Å². The van der Waals surface area contributed by atoms with Crippen LogP contribution in [0.15, 0.2) is 24.0 Å². The van der Waals surface area contributed by atoms with Crippen LogP contribution < -0.4 is 4.74 Å². The summed E-state index contributed by atoms with van der Waals surface area (Å²) in [4.78, 5) is 26.1. The minimum Gasteiger partial charge on any atom is -0.507 e. The highest BCUT2D eigenvalue weighted by atomic mass is 19.1. The number of nitrogens with zero attached hydrogens (tertiary/aromatic N) is 2. The molecule has 3 aromatic rings. The van der Waals surface area contributed by atoms with Crippen molar-refractivity contribution in [3.63, 3.8) is 0 Å². The molecular weight excluding hydrogens is 434 g/mol. The van der Waals surface area contributed by atoms with Crippen molar-refractivity contribution in [1.29, 1.82) is 0 Å². The molecule has 0 saturated carbocycles. The van der Waals surface area contributed by atoms with Crippen molar-refractivity contribution in [2.75, 3.05) is 0 Å². The van der Waals surface area contributed by atoms with Crippen LogP contribution in [0.4, 0.5) is 8.78 Å². The summed E-state index contributed by atoms with van der Waals surface area (Å²) in [7, 11) is 0. The van der Waals surface area contributed by atoms with Gasteiger partial charge in [0.2, 0.25) is 0 Å². The number of hydrogen-bond acceptors (Lipinski definition) is 6. The summed E-state index contributed by atoms with van der Waals surface area (Å²) in [6.45, 7) is 5.80. The molecule has 0 bridgehead atoms. The number of hydrogen-bond donors (Lipinski definition) is 2. The second kappa shape index (κ2) is 6.50. The van der Waals surface area contributed by atoms with Crippen LogP contribution in [0, 0.1) is 25.5 Å². The van der Waals surface area contributed by atoms with Gasteiger partial charge in [-0.25, -0.2) is 13.5 Å². The Morgan fingerprint density at radius 1 is 1.18 bits per heavy atom. The van der Waals surface area contributed by atoms with Crippen LogP contribution in [-0.4, -0.2) is 31.6 Å². The number of rotatable bonds is 2. The van der Waals surface area contributed by atoms with Crippen LogP contribution in [0.1, 0.15) is 57.1 Å². The minimum absolute atomic E-state index is 0.0458. The number of halogens is 2. The van der Waals surface area contributed by atoms with E-state index in [4.69, 9.17) is 4.74 Å². The second-order valence-electron chi connectivity index (χ2n) is 8.38. The highest BCUT2D eigenvalue weighted by molar-refractivity contribution is 6.14. The molecule has 168 valence electrons. The van der Waals surface area contributed by atoms with Crippen LogP contribution >= 0.6 is 0 Å². The van der Waals surface area contributed by atoms with E-state index in [2.05, 4.69) is 5.10 Å². The number of phenols is 2. The Kier molecular flexibility index (Phi) is 4.11. The summed E-state index contributed by atoms with van der Waals surface area (Å²) in [5.41, 5.74) is -0.902. The van der Waals surface area contributed by atoms with Crippen molar-refractivity contribution >= 4 is 17.6 Å². The Bertz CT molecular complexity index is 1470. The van der Waals surface area contributed by atoms with Crippen molar-refractivity contribution in [2.24, 2.45) is 0 Å². The maximum absolute atomic E-state index is 14.5. The molecular formula is C24H18F2N2O5. The van der Waals surface area contributed by atoms with Gasteiger partial charge in [0.15, 0.2) is 17.4 Å². The maximum Gasteiger partial charge on any atom is 0.185 e. The third-order valence-electron chi connectivity index (χ3n) is 6.38. The average Bonchev–Trinajstić information content (AvgIpc) is 3.21. The smallest absolute Gasteiger partial charge is 0.185 e. The van der Waals surface area contributed by atoms with Crippen LogP contribution in [0.3, 0.4) is 0 Å². The molecule has 1 aliphatic carbocycles. The number of carbonyl (C=O) groups excluding carboxylic acids is 2. The molecule has 1 aliphatic heterocycles. The predicted molar refractivity (Wildman–Crippen MR) is 113 cm³/mol. The number of benzene rings is 2. The molecule has 0 spiro atoms. The van der Waals surface area contributed by atoms with Crippen LogP contribution in [0.2, 0.25) is 0 Å². The van der Waals surface area contributed by atoms with Crippen molar-refractivity contribution in [1.82, 2.24) is 9.78 Å². The number of Topliss-reactive ketones (excluding diaryl/α,β-unsaturated/α-hetero) is 2. The number of ketones is 2. The van der Waals surface area contributed by atoms with Gasteiger partial charge < -0.3 is 14.9 Å². The number of aryl methyl sites for hydroxylation is 1. The summed E-state index contributed by atoms with van der Waals surface area (Å²) in [6.07, 6.45) is 1.48. The van der Waals surface area contributed by atoms with Crippen LogP contribution in [0.25, 0.3) is 11.8 Å². The Labute approximate surface area is 186 Å². The van der Waals surface area contributed by atoms with Gasteiger partial charge in [0.05, 0.1) is 22.5 Å². The van der Waals surface area contributed by atoms with Gasteiger partial charge in [0, 0.05) is 17.7 Å². The van der Waals surface area contributed by atoms with E-state index < -0.39 is 34.4 Å². The normalized spacial score (nSPS) is 18.4. The molecule has 0 amide bonds. The molecule has 2 N–H and O–H groups in total. The van der Waals surface area contributed by atoms with Crippen molar-refractivity contribution < 1.29 is 33.3 Å². The molecule has 2 aliphatic rings. The lowest BCUT2D eigenvalue weighted by molar-refractivity contribution is 0.0905.